The molecule has 0 amide bonds. The molecule has 0 saturated carbocycles. The van der Waals surface area contributed by atoms with Crippen molar-refractivity contribution in [1.29, 1.82) is 0 Å². The Morgan fingerprint density at radius 1 is 1.47 bits per heavy atom. The Balaban J connectivity index is 2.18. The molecule has 104 valence electrons. The fourth-order valence-electron chi connectivity index (χ4n) is 2.14. The number of likely N-dealkylation sites (N-methyl/N-ethyl adjacent to an activating group) is 1. The topological polar surface area (TPSA) is 29.3 Å². The summed E-state index contributed by atoms with van der Waals surface area (Å²) in [5.41, 5.74) is 6.02. The molecule has 2 heterocycles. The third kappa shape index (κ3) is 3.67. The lowest BCUT2D eigenvalue weighted by molar-refractivity contribution is 0.208. The van der Waals surface area contributed by atoms with Gasteiger partial charge in [0.05, 0.1) is 6.04 Å². The normalized spacial score (nSPS) is 13.1. The summed E-state index contributed by atoms with van der Waals surface area (Å²) in [6, 6.07) is 6.82. The molecule has 2 nitrogen and oxygen atoms in total. The molecular weight excluding hydrogens is 340 g/mol. The number of rotatable bonds is 6. The predicted octanol–water partition coefficient (Wildman–Crippen LogP) is 4.40. The summed E-state index contributed by atoms with van der Waals surface area (Å²) in [4.78, 5) is 6.52. The highest BCUT2D eigenvalue weighted by Gasteiger charge is 2.20. The summed E-state index contributed by atoms with van der Waals surface area (Å²) < 4.78 is 1.19. The van der Waals surface area contributed by atoms with Crippen molar-refractivity contribution in [3.05, 3.63) is 42.7 Å². The minimum absolute atomic E-state index is 0.307. The Morgan fingerprint density at radius 3 is 2.74 bits per heavy atom. The molecule has 0 aliphatic heterocycles. The van der Waals surface area contributed by atoms with E-state index in [1.165, 1.54) is 19.1 Å². The van der Waals surface area contributed by atoms with Crippen LogP contribution in [-0.4, -0.2) is 18.0 Å². The number of thiophene rings is 2. The highest BCUT2D eigenvalue weighted by Crippen LogP contribution is 2.33. The Labute approximate surface area is 131 Å². The summed E-state index contributed by atoms with van der Waals surface area (Å²) in [5.74, 6) is 0. The maximum atomic E-state index is 6.02. The van der Waals surface area contributed by atoms with Gasteiger partial charge in [0.1, 0.15) is 0 Å². The van der Waals surface area contributed by atoms with Crippen molar-refractivity contribution in [3.8, 4) is 0 Å². The van der Waals surface area contributed by atoms with Crippen LogP contribution in [-0.2, 0) is 6.54 Å². The predicted molar refractivity (Wildman–Crippen MR) is 89.0 cm³/mol. The fraction of sp³-hybridized carbons (Fsp3) is 0.429. The first kappa shape index (κ1) is 15.2. The van der Waals surface area contributed by atoms with Crippen LogP contribution in [0.15, 0.2) is 28.1 Å². The van der Waals surface area contributed by atoms with Gasteiger partial charge in [0.25, 0.3) is 0 Å². The summed E-state index contributed by atoms with van der Waals surface area (Å²) in [6.45, 7) is 6.98. The number of aryl methyl sites for hydroxylation is 1. The van der Waals surface area contributed by atoms with Crippen LogP contribution in [0.5, 0.6) is 0 Å². The van der Waals surface area contributed by atoms with Gasteiger partial charge in [-0.05, 0) is 46.9 Å². The first-order valence-corrected chi connectivity index (χ1v) is 8.87. The lowest BCUT2D eigenvalue weighted by Gasteiger charge is -2.28. The molecule has 0 aromatic carbocycles. The second-order valence-electron chi connectivity index (χ2n) is 4.45. The molecule has 0 saturated heterocycles. The van der Waals surface area contributed by atoms with Crippen LogP contribution < -0.4 is 5.73 Å². The van der Waals surface area contributed by atoms with Gasteiger partial charge >= 0.3 is 0 Å². The van der Waals surface area contributed by atoms with Crippen molar-refractivity contribution < 1.29 is 0 Å². The van der Waals surface area contributed by atoms with Crippen molar-refractivity contribution in [2.24, 2.45) is 5.73 Å². The number of hydrogen-bond donors (Lipinski definition) is 1. The van der Waals surface area contributed by atoms with Crippen molar-refractivity contribution in [3.63, 3.8) is 0 Å². The van der Waals surface area contributed by atoms with Crippen LogP contribution in [0.2, 0.25) is 0 Å². The third-order valence-corrected chi connectivity index (χ3v) is 6.31. The molecule has 0 bridgehead atoms. The third-order valence-electron chi connectivity index (χ3n) is 3.21. The van der Waals surface area contributed by atoms with E-state index in [9.17, 15) is 0 Å². The number of hydrogen-bond acceptors (Lipinski definition) is 4. The highest BCUT2D eigenvalue weighted by molar-refractivity contribution is 9.10. The van der Waals surface area contributed by atoms with Gasteiger partial charge in [-0.25, -0.2) is 0 Å². The van der Waals surface area contributed by atoms with Crippen molar-refractivity contribution in [1.82, 2.24) is 4.90 Å². The van der Waals surface area contributed by atoms with Gasteiger partial charge in [-0.3, -0.25) is 4.90 Å². The molecule has 19 heavy (non-hydrogen) atoms. The largest absolute Gasteiger partial charge is 0.329 e. The minimum atomic E-state index is 0.307. The minimum Gasteiger partial charge on any atom is -0.329 e. The van der Waals surface area contributed by atoms with Crippen LogP contribution >= 0.6 is 38.6 Å². The van der Waals surface area contributed by atoms with Gasteiger partial charge in [-0.1, -0.05) is 13.0 Å². The molecule has 0 spiro atoms. The quantitative estimate of drug-likeness (QED) is 0.828. The standard InChI is InChI=1S/C14H19BrN2S2/c1-3-17(9-11-5-4-6-18-11)13(8-16)14-7-12(15)10(2)19-14/h4-7,13H,3,8-9,16H2,1-2H3. The van der Waals surface area contributed by atoms with Gasteiger partial charge in [0.2, 0.25) is 0 Å². The Morgan fingerprint density at radius 2 is 2.26 bits per heavy atom. The number of halogens is 1. The summed E-state index contributed by atoms with van der Waals surface area (Å²) in [7, 11) is 0. The summed E-state index contributed by atoms with van der Waals surface area (Å²) in [6.07, 6.45) is 0. The van der Waals surface area contributed by atoms with E-state index in [1.54, 1.807) is 0 Å². The zero-order chi connectivity index (χ0) is 13.8. The van der Waals surface area contributed by atoms with Crippen molar-refractivity contribution >= 4 is 38.6 Å². The molecule has 5 heteroatoms. The Bertz CT molecular complexity index is 488. The SMILES string of the molecule is CCN(Cc1cccs1)C(CN)c1cc(Br)c(C)s1. The fourth-order valence-corrected chi connectivity index (χ4v) is 4.57. The van der Waals surface area contributed by atoms with E-state index in [1.807, 2.05) is 22.7 Å². The molecule has 0 radical (unpaired) electrons. The van der Waals surface area contributed by atoms with Crippen LogP contribution in [0.1, 0.15) is 27.6 Å². The molecule has 2 aromatic rings. The molecule has 2 rings (SSSR count). The molecular formula is C14H19BrN2S2. The van der Waals surface area contributed by atoms with Crippen LogP contribution in [0.4, 0.5) is 0 Å². The molecule has 0 aliphatic rings. The summed E-state index contributed by atoms with van der Waals surface area (Å²) >= 11 is 7.25. The van der Waals surface area contributed by atoms with Gasteiger partial charge in [0.15, 0.2) is 0 Å². The van der Waals surface area contributed by atoms with Crippen molar-refractivity contribution in [2.45, 2.75) is 26.4 Å². The molecule has 1 unspecified atom stereocenters. The molecule has 0 aliphatic carbocycles. The molecule has 1 atom stereocenters. The van der Waals surface area contributed by atoms with Crippen molar-refractivity contribution in [2.75, 3.05) is 13.1 Å². The van der Waals surface area contributed by atoms with Crippen LogP contribution in [0, 0.1) is 6.92 Å². The average Bonchev–Trinajstić information content (AvgIpc) is 3.00. The van der Waals surface area contributed by atoms with E-state index in [-0.39, 0.29) is 0 Å². The zero-order valence-electron chi connectivity index (χ0n) is 11.2. The highest BCUT2D eigenvalue weighted by atomic mass is 79.9. The van der Waals surface area contributed by atoms with E-state index >= 15 is 0 Å². The van der Waals surface area contributed by atoms with E-state index in [4.69, 9.17) is 5.73 Å². The van der Waals surface area contributed by atoms with E-state index in [0.717, 1.165) is 13.1 Å². The number of nitrogens with zero attached hydrogens (tertiary/aromatic N) is 1. The molecule has 0 fully saturated rings. The first-order valence-electron chi connectivity index (χ1n) is 6.38. The van der Waals surface area contributed by atoms with Gasteiger partial charge < -0.3 is 5.73 Å². The van der Waals surface area contributed by atoms with Crippen LogP contribution in [0.3, 0.4) is 0 Å². The average molecular weight is 359 g/mol. The summed E-state index contributed by atoms with van der Waals surface area (Å²) in [5, 5.41) is 2.13. The molecule has 2 aromatic heterocycles. The lowest BCUT2D eigenvalue weighted by atomic mass is 10.2. The van der Waals surface area contributed by atoms with E-state index in [2.05, 4.69) is 58.3 Å². The maximum Gasteiger partial charge on any atom is 0.0568 e. The lowest BCUT2D eigenvalue weighted by Crippen LogP contribution is -2.32. The van der Waals surface area contributed by atoms with Gasteiger partial charge in [0, 0.05) is 32.2 Å². The van der Waals surface area contributed by atoms with E-state index < -0.39 is 0 Å². The van der Waals surface area contributed by atoms with Gasteiger partial charge in [-0.15, -0.1) is 22.7 Å². The second kappa shape index (κ2) is 6.99. The Kier molecular flexibility index (Phi) is 5.59. The second-order valence-corrected chi connectivity index (χ2v) is 7.62. The Hall–Kier alpha value is -0.200. The monoisotopic (exact) mass is 358 g/mol. The van der Waals surface area contributed by atoms with E-state index in [0.29, 0.717) is 12.6 Å². The number of nitrogens with two attached hydrogens (primary N) is 1. The smallest absolute Gasteiger partial charge is 0.0568 e. The van der Waals surface area contributed by atoms with Crippen LogP contribution in [0.25, 0.3) is 0 Å². The first-order chi connectivity index (χ1) is 9.15. The van der Waals surface area contributed by atoms with Gasteiger partial charge in [-0.2, -0.15) is 0 Å². The zero-order valence-corrected chi connectivity index (χ0v) is 14.4. The maximum absolute atomic E-state index is 6.02. The molecule has 2 N–H and O–H groups in total.